The van der Waals surface area contributed by atoms with Gasteiger partial charge in [0.15, 0.2) is 0 Å². The Labute approximate surface area is 85.6 Å². The minimum atomic E-state index is 0.189. The third-order valence-corrected chi connectivity index (χ3v) is 2.63. The number of carbonyl (C=O) groups is 1. The fraction of sp³-hybridized carbons (Fsp3) is 0.900. The van der Waals surface area contributed by atoms with Crippen LogP contribution in [0.25, 0.3) is 0 Å². The van der Waals surface area contributed by atoms with E-state index in [1.807, 2.05) is 4.90 Å². The molecule has 0 aromatic heterocycles. The van der Waals surface area contributed by atoms with E-state index in [1.54, 1.807) is 14.2 Å². The summed E-state index contributed by atoms with van der Waals surface area (Å²) in [7, 11) is 3.49. The lowest BCUT2D eigenvalue weighted by Crippen LogP contribution is -2.48. The first-order valence-electron chi connectivity index (χ1n) is 5.22. The molecule has 1 aliphatic rings. The van der Waals surface area contributed by atoms with Gasteiger partial charge >= 0.3 is 0 Å². The Morgan fingerprint density at radius 2 is 2.36 bits per heavy atom. The third kappa shape index (κ3) is 2.96. The van der Waals surface area contributed by atoms with Gasteiger partial charge in [0.05, 0.1) is 19.2 Å². The molecule has 1 rings (SSSR count). The number of methoxy groups -OCH3 is 1. The summed E-state index contributed by atoms with van der Waals surface area (Å²) in [5.74, 6) is 0.189. The third-order valence-electron chi connectivity index (χ3n) is 2.63. The van der Waals surface area contributed by atoms with Crippen molar-refractivity contribution < 1.29 is 9.53 Å². The van der Waals surface area contributed by atoms with Gasteiger partial charge in [-0.3, -0.25) is 4.79 Å². The molecule has 1 heterocycles. The maximum Gasteiger partial charge on any atom is 0.236 e. The summed E-state index contributed by atoms with van der Waals surface area (Å²) < 4.78 is 5.13. The second-order valence-corrected chi connectivity index (χ2v) is 3.72. The summed E-state index contributed by atoms with van der Waals surface area (Å²) in [5, 5.41) is 2.90. The smallest absolute Gasteiger partial charge is 0.236 e. The number of hydrogen-bond acceptors (Lipinski definition) is 3. The molecule has 1 aliphatic heterocycles. The Bertz CT molecular complexity index is 183. The standard InChI is InChI=1S/C10H20N2O2/c1-11-7-10(13)12-6-4-3-5-9(12)8-14-2/h9,11H,3-8H2,1-2H3. The number of rotatable bonds is 4. The van der Waals surface area contributed by atoms with Crippen LogP contribution >= 0.6 is 0 Å². The zero-order valence-corrected chi connectivity index (χ0v) is 9.08. The number of hydrogen-bond donors (Lipinski definition) is 1. The average molecular weight is 200 g/mol. The summed E-state index contributed by atoms with van der Waals surface area (Å²) in [6.07, 6.45) is 3.40. The molecule has 0 aromatic carbocycles. The Morgan fingerprint density at radius 3 is 3.00 bits per heavy atom. The highest BCUT2D eigenvalue weighted by molar-refractivity contribution is 5.78. The lowest BCUT2D eigenvalue weighted by atomic mass is 10.0. The zero-order chi connectivity index (χ0) is 10.4. The SMILES string of the molecule is CNCC(=O)N1CCCCC1COC. The van der Waals surface area contributed by atoms with Crippen molar-refractivity contribution in [3.63, 3.8) is 0 Å². The van der Waals surface area contributed by atoms with Gasteiger partial charge in [0.2, 0.25) is 5.91 Å². The van der Waals surface area contributed by atoms with Crippen LogP contribution in [0.5, 0.6) is 0 Å². The molecule has 0 aliphatic carbocycles. The van der Waals surface area contributed by atoms with E-state index in [4.69, 9.17) is 4.74 Å². The summed E-state index contributed by atoms with van der Waals surface area (Å²) in [6, 6.07) is 0.287. The monoisotopic (exact) mass is 200 g/mol. The van der Waals surface area contributed by atoms with E-state index in [0.717, 1.165) is 19.4 Å². The molecule has 1 unspecified atom stereocenters. The zero-order valence-electron chi connectivity index (χ0n) is 9.08. The summed E-state index contributed by atoms with van der Waals surface area (Å²) in [4.78, 5) is 13.6. The Kier molecular flexibility index (Phi) is 4.90. The van der Waals surface area contributed by atoms with Crippen LogP contribution in [0.3, 0.4) is 0 Å². The van der Waals surface area contributed by atoms with Gasteiger partial charge in [0, 0.05) is 13.7 Å². The normalized spacial score (nSPS) is 22.4. The number of piperidine rings is 1. The van der Waals surface area contributed by atoms with Crippen LogP contribution in [0, 0.1) is 0 Å². The van der Waals surface area contributed by atoms with Crippen LogP contribution in [0.1, 0.15) is 19.3 Å². The van der Waals surface area contributed by atoms with Gasteiger partial charge in [-0.15, -0.1) is 0 Å². The van der Waals surface area contributed by atoms with E-state index in [0.29, 0.717) is 13.2 Å². The summed E-state index contributed by atoms with van der Waals surface area (Å²) in [6.45, 7) is 1.98. The van der Waals surface area contributed by atoms with Crippen molar-refractivity contribution in [3.8, 4) is 0 Å². The van der Waals surface area contributed by atoms with Gasteiger partial charge < -0.3 is 15.0 Å². The maximum atomic E-state index is 11.7. The fourth-order valence-corrected chi connectivity index (χ4v) is 1.95. The predicted octanol–water partition coefficient (Wildman–Crippen LogP) is 0.233. The number of likely N-dealkylation sites (tertiary alicyclic amines) is 1. The first-order chi connectivity index (χ1) is 6.79. The molecular weight excluding hydrogens is 180 g/mol. The second kappa shape index (κ2) is 5.98. The first kappa shape index (κ1) is 11.5. The van der Waals surface area contributed by atoms with E-state index in [2.05, 4.69) is 5.32 Å². The molecule has 0 radical (unpaired) electrons. The van der Waals surface area contributed by atoms with Gasteiger partial charge in [0.25, 0.3) is 0 Å². The van der Waals surface area contributed by atoms with Gasteiger partial charge in [0.1, 0.15) is 0 Å². The van der Waals surface area contributed by atoms with Crippen molar-refractivity contribution >= 4 is 5.91 Å². The Hall–Kier alpha value is -0.610. The van der Waals surface area contributed by atoms with E-state index in [9.17, 15) is 4.79 Å². The number of carbonyl (C=O) groups excluding carboxylic acids is 1. The lowest BCUT2D eigenvalue weighted by molar-refractivity contribution is -0.135. The topological polar surface area (TPSA) is 41.6 Å². The van der Waals surface area contributed by atoms with Gasteiger partial charge in [-0.1, -0.05) is 0 Å². The summed E-state index contributed by atoms with van der Waals surface area (Å²) >= 11 is 0. The van der Waals surface area contributed by atoms with Gasteiger partial charge in [-0.25, -0.2) is 0 Å². The number of likely N-dealkylation sites (N-methyl/N-ethyl adjacent to an activating group) is 1. The van der Waals surface area contributed by atoms with Crippen LogP contribution in [-0.2, 0) is 9.53 Å². The molecule has 0 saturated carbocycles. The molecular formula is C10H20N2O2. The molecule has 14 heavy (non-hydrogen) atoms. The predicted molar refractivity (Wildman–Crippen MR) is 55.2 cm³/mol. The number of nitrogens with zero attached hydrogens (tertiary/aromatic N) is 1. The van der Waals surface area contributed by atoms with E-state index < -0.39 is 0 Å². The lowest BCUT2D eigenvalue weighted by Gasteiger charge is -2.35. The van der Waals surface area contributed by atoms with Gasteiger partial charge in [-0.05, 0) is 26.3 Å². The van der Waals surface area contributed by atoms with Crippen LogP contribution in [0.4, 0.5) is 0 Å². The largest absolute Gasteiger partial charge is 0.383 e. The van der Waals surface area contributed by atoms with Gasteiger partial charge in [-0.2, -0.15) is 0 Å². The number of ether oxygens (including phenoxy) is 1. The highest BCUT2D eigenvalue weighted by Gasteiger charge is 2.25. The molecule has 0 aromatic rings. The molecule has 82 valence electrons. The maximum absolute atomic E-state index is 11.7. The van der Waals surface area contributed by atoms with Crippen molar-refractivity contribution in [1.29, 1.82) is 0 Å². The molecule has 1 saturated heterocycles. The Morgan fingerprint density at radius 1 is 1.57 bits per heavy atom. The van der Waals surface area contributed by atoms with Crippen LogP contribution in [0.15, 0.2) is 0 Å². The van der Waals surface area contributed by atoms with Crippen LogP contribution < -0.4 is 5.32 Å². The first-order valence-corrected chi connectivity index (χ1v) is 5.22. The molecule has 0 bridgehead atoms. The van der Waals surface area contributed by atoms with Crippen molar-refractivity contribution in [1.82, 2.24) is 10.2 Å². The van der Waals surface area contributed by atoms with E-state index in [-0.39, 0.29) is 11.9 Å². The molecule has 1 fully saturated rings. The fourth-order valence-electron chi connectivity index (χ4n) is 1.95. The average Bonchev–Trinajstić information content (AvgIpc) is 2.19. The quantitative estimate of drug-likeness (QED) is 0.706. The van der Waals surface area contributed by atoms with E-state index >= 15 is 0 Å². The highest BCUT2D eigenvalue weighted by atomic mass is 16.5. The molecule has 4 nitrogen and oxygen atoms in total. The van der Waals surface area contributed by atoms with Crippen molar-refractivity contribution in [2.24, 2.45) is 0 Å². The molecule has 0 spiro atoms. The summed E-state index contributed by atoms with van der Waals surface area (Å²) in [5.41, 5.74) is 0. The number of nitrogens with one attached hydrogen (secondary N) is 1. The molecule has 1 amide bonds. The Balaban J connectivity index is 2.48. The minimum Gasteiger partial charge on any atom is -0.383 e. The minimum absolute atomic E-state index is 0.189. The van der Waals surface area contributed by atoms with Crippen LogP contribution in [0.2, 0.25) is 0 Å². The molecule has 1 N–H and O–H groups in total. The van der Waals surface area contributed by atoms with Crippen molar-refractivity contribution in [3.05, 3.63) is 0 Å². The van der Waals surface area contributed by atoms with Crippen LogP contribution in [-0.4, -0.2) is 50.7 Å². The van der Waals surface area contributed by atoms with Crippen molar-refractivity contribution in [2.75, 3.05) is 33.9 Å². The number of amides is 1. The highest BCUT2D eigenvalue weighted by Crippen LogP contribution is 2.16. The van der Waals surface area contributed by atoms with Crippen molar-refractivity contribution in [2.45, 2.75) is 25.3 Å². The molecule has 4 heteroatoms. The van der Waals surface area contributed by atoms with E-state index in [1.165, 1.54) is 6.42 Å². The second-order valence-electron chi connectivity index (χ2n) is 3.72. The molecule has 1 atom stereocenters.